The number of hydrogen-bond acceptors (Lipinski definition) is 5. The normalized spacial score (nSPS) is 10.9. The number of nitrogens with one attached hydrogen (secondary N) is 1. The second-order valence-corrected chi connectivity index (χ2v) is 5.31. The first kappa shape index (κ1) is 11.7. The van der Waals surface area contributed by atoms with Crippen LogP contribution in [0.15, 0.2) is 22.5 Å². The summed E-state index contributed by atoms with van der Waals surface area (Å²) < 4.78 is 10.9. The van der Waals surface area contributed by atoms with E-state index < -0.39 is 0 Å². The lowest BCUT2D eigenvalue weighted by Crippen LogP contribution is -1.99. The van der Waals surface area contributed by atoms with Crippen molar-refractivity contribution in [1.29, 1.82) is 0 Å². The molecule has 0 aliphatic heterocycles. The highest BCUT2D eigenvalue weighted by atomic mass is 32.2. The summed E-state index contributed by atoms with van der Waals surface area (Å²) in [5.74, 6) is 0.889. The number of rotatable bonds is 5. The maximum atomic E-state index is 5.45. The second-order valence-electron chi connectivity index (χ2n) is 3.14. The lowest BCUT2D eigenvalue weighted by atomic mass is 10.3. The summed E-state index contributed by atoms with van der Waals surface area (Å²) in [5.41, 5.74) is 1.01. The van der Waals surface area contributed by atoms with E-state index in [-0.39, 0.29) is 0 Å². The van der Waals surface area contributed by atoms with Crippen molar-refractivity contribution in [2.75, 3.05) is 13.2 Å². The molecule has 2 aromatic rings. The zero-order valence-corrected chi connectivity index (χ0v) is 11.0. The van der Waals surface area contributed by atoms with Gasteiger partial charge in [0.15, 0.2) is 4.34 Å². The summed E-state index contributed by atoms with van der Waals surface area (Å²) in [6.45, 7) is 5.69. The van der Waals surface area contributed by atoms with Crippen LogP contribution in [-0.4, -0.2) is 18.1 Å². The summed E-state index contributed by atoms with van der Waals surface area (Å²) >= 11 is 3.28. The monoisotopic (exact) mass is 254 g/mol. The zero-order chi connectivity index (χ0) is 11.4. The molecule has 1 aromatic carbocycles. The molecule has 0 fully saturated rings. The zero-order valence-electron chi connectivity index (χ0n) is 9.32. The SMILES string of the molecule is CCNSc1nc2cc(OCC)ccc2s1. The van der Waals surface area contributed by atoms with Gasteiger partial charge in [-0.1, -0.05) is 6.92 Å². The topological polar surface area (TPSA) is 34.2 Å². The maximum Gasteiger partial charge on any atom is 0.166 e. The van der Waals surface area contributed by atoms with Gasteiger partial charge >= 0.3 is 0 Å². The average Bonchev–Trinajstić information content (AvgIpc) is 2.68. The fraction of sp³-hybridized carbons (Fsp3) is 0.364. The average molecular weight is 254 g/mol. The third kappa shape index (κ3) is 2.66. The number of nitrogens with zero attached hydrogens (tertiary/aromatic N) is 1. The van der Waals surface area contributed by atoms with E-state index in [4.69, 9.17) is 4.74 Å². The van der Waals surface area contributed by atoms with Gasteiger partial charge in [-0.05, 0) is 31.0 Å². The summed E-state index contributed by atoms with van der Waals surface area (Å²) in [5, 5.41) is 0. The molecule has 0 saturated heterocycles. The minimum absolute atomic E-state index is 0.689. The van der Waals surface area contributed by atoms with Crippen LogP contribution in [0.1, 0.15) is 13.8 Å². The van der Waals surface area contributed by atoms with Crippen LogP contribution in [0.25, 0.3) is 10.2 Å². The van der Waals surface area contributed by atoms with Gasteiger partial charge in [-0.3, -0.25) is 4.72 Å². The number of aromatic nitrogens is 1. The number of benzene rings is 1. The fourth-order valence-electron chi connectivity index (χ4n) is 1.32. The van der Waals surface area contributed by atoms with E-state index in [9.17, 15) is 0 Å². The molecule has 0 amide bonds. The van der Waals surface area contributed by atoms with Gasteiger partial charge in [0.2, 0.25) is 0 Å². The number of fused-ring (bicyclic) bond motifs is 1. The summed E-state index contributed by atoms with van der Waals surface area (Å²) in [4.78, 5) is 4.53. The van der Waals surface area contributed by atoms with Crippen LogP contribution >= 0.6 is 23.3 Å². The third-order valence-electron chi connectivity index (χ3n) is 1.95. The largest absolute Gasteiger partial charge is 0.494 e. The highest BCUT2D eigenvalue weighted by Gasteiger charge is 2.05. The minimum atomic E-state index is 0.689. The number of ether oxygens (including phenoxy) is 1. The van der Waals surface area contributed by atoms with E-state index in [0.717, 1.165) is 22.2 Å². The fourth-order valence-corrected chi connectivity index (χ4v) is 3.02. The Labute approximate surface area is 103 Å². The molecule has 2 rings (SSSR count). The Morgan fingerprint density at radius 1 is 1.44 bits per heavy atom. The first-order chi connectivity index (χ1) is 7.83. The smallest absolute Gasteiger partial charge is 0.166 e. The van der Waals surface area contributed by atoms with E-state index >= 15 is 0 Å². The highest BCUT2D eigenvalue weighted by Crippen LogP contribution is 2.30. The van der Waals surface area contributed by atoms with Gasteiger partial charge < -0.3 is 4.74 Å². The van der Waals surface area contributed by atoms with Crippen molar-refractivity contribution in [3.05, 3.63) is 18.2 Å². The summed E-state index contributed by atoms with van der Waals surface area (Å²) in [6.07, 6.45) is 0. The first-order valence-corrected chi connectivity index (χ1v) is 6.90. The van der Waals surface area contributed by atoms with E-state index in [1.807, 2.05) is 19.1 Å². The molecule has 0 bridgehead atoms. The lowest BCUT2D eigenvalue weighted by Gasteiger charge is -2.00. The summed E-state index contributed by atoms with van der Waals surface area (Å²) in [6, 6.07) is 6.05. The summed E-state index contributed by atoms with van der Waals surface area (Å²) in [7, 11) is 0. The Balaban J connectivity index is 2.23. The van der Waals surface area contributed by atoms with Crippen LogP contribution < -0.4 is 9.46 Å². The van der Waals surface area contributed by atoms with E-state index in [2.05, 4.69) is 22.7 Å². The van der Waals surface area contributed by atoms with Crippen LogP contribution in [0, 0.1) is 0 Å². The molecule has 86 valence electrons. The van der Waals surface area contributed by atoms with Crippen molar-refractivity contribution in [2.24, 2.45) is 0 Å². The lowest BCUT2D eigenvalue weighted by molar-refractivity contribution is 0.340. The van der Waals surface area contributed by atoms with Crippen LogP contribution in [0.4, 0.5) is 0 Å². The van der Waals surface area contributed by atoms with Crippen molar-refractivity contribution < 1.29 is 4.74 Å². The second kappa shape index (κ2) is 5.52. The van der Waals surface area contributed by atoms with Gasteiger partial charge in [0.05, 0.1) is 16.8 Å². The van der Waals surface area contributed by atoms with Gasteiger partial charge in [0, 0.05) is 12.6 Å². The number of thiazole rings is 1. The molecule has 0 saturated carbocycles. The van der Waals surface area contributed by atoms with Crippen molar-refractivity contribution in [3.63, 3.8) is 0 Å². The predicted octanol–water partition coefficient (Wildman–Crippen LogP) is 3.31. The Morgan fingerprint density at radius 3 is 3.06 bits per heavy atom. The van der Waals surface area contributed by atoms with Gasteiger partial charge in [0.25, 0.3) is 0 Å². The minimum Gasteiger partial charge on any atom is -0.494 e. The molecule has 0 spiro atoms. The standard InChI is InChI=1S/C11H14N2OS2/c1-3-12-16-11-13-9-7-8(14-4-2)5-6-10(9)15-11/h5-7,12H,3-4H2,1-2H3. The first-order valence-electron chi connectivity index (χ1n) is 5.26. The van der Waals surface area contributed by atoms with Crippen LogP contribution in [0.2, 0.25) is 0 Å². The molecule has 0 aliphatic carbocycles. The van der Waals surface area contributed by atoms with Crippen LogP contribution in [0.5, 0.6) is 5.75 Å². The highest BCUT2D eigenvalue weighted by molar-refractivity contribution is 7.99. The van der Waals surface area contributed by atoms with Crippen LogP contribution in [-0.2, 0) is 0 Å². The van der Waals surface area contributed by atoms with Gasteiger partial charge in [0.1, 0.15) is 5.75 Å². The Morgan fingerprint density at radius 2 is 2.31 bits per heavy atom. The molecular weight excluding hydrogens is 240 g/mol. The Hall–Kier alpha value is -0.780. The van der Waals surface area contributed by atoms with Crippen molar-refractivity contribution >= 4 is 33.5 Å². The molecule has 5 heteroatoms. The third-order valence-corrected chi connectivity index (χ3v) is 3.98. The Kier molecular flexibility index (Phi) is 4.04. The molecule has 16 heavy (non-hydrogen) atoms. The number of hydrogen-bond donors (Lipinski definition) is 1. The van der Waals surface area contributed by atoms with Crippen molar-refractivity contribution in [1.82, 2.24) is 9.71 Å². The maximum absolute atomic E-state index is 5.45. The van der Waals surface area contributed by atoms with Crippen LogP contribution in [0.3, 0.4) is 0 Å². The van der Waals surface area contributed by atoms with Crippen molar-refractivity contribution in [3.8, 4) is 5.75 Å². The molecule has 0 atom stereocenters. The van der Waals surface area contributed by atoms with Gasteiger partial charge in [-0.2, -0.15) is 0 Å². The van der Waals surface area contributed by atoms with E-state index in [0.29, 0.717) is 6.61 Å². The predicted molar refractivity (Wildman–Crippen MR) is 70.3 cm³/mol. The van der Waals surface area contributed by atoms with E-state index in [1.54, 1.807) is 23.3 Å². The quantitative estimate of drug-likeness (QED) is 0.830. The van der Waals surface area contributed by atoms with Gasteiger partial charge in [-0.25, -0.2) is 4.98 Å². The molecule has 1 N–H and O–H groups in total. The Bertz CT molecular complexity index is 470. The molecule has 0 aliphatic rings. The van der Waals surface area contributed by atoms with Crippen molar-refractivity contribution in [2.45, 2.75) is 18.2 Å². The molecule has 0 unspecified atom stereocenters. The van der Waals surface area contributed by atoms with Gasteiger partial charge in [-0.15, -0.1) is 11.3 Å². The molecule has 3 nitrogen and oxygen atoms in total. The molecule has 1 aromatic heterocycles. The molecule has 1 heterocycles. The molecular formula is C11H14N2OS2. The van der Waals surface area contributed by atoms with E-state index in [1.165, 1.54) is 4.70 Å². The molecule has 0 radical (unpaired) electrons.